The number of nitrogens with zero attached hydrogens (tertiary/aromatic N) is 2. The molecule has 1 aromatic heterocycles. The second-order valence-electron chi connectivity index (χ2n) is 31.2. The summed E-state index contributed by atoms with van der Waals surface area (Å²) in [4.78, 5) is 227. The van der Waals surface area contributed by atoms with Gasteiger partial charge in [0.25, 0.3) is 0 Å². The molecule has 3 saturated heterocycles. The second-order valence-corrected chi connectivity index (χ2v) is 31.6. The maximum absolute atomic E-state index is 15.6. The number of hydrogen-bond donors (Lipinski definition) is 18. The summed E-state index contributed by atoms with van der Waals surface area (Å²) in [5.41, 5.74) is 8.12. The van der Waals surface area contributed by atoms with Crippen molar-refractivity contribution >= 4 is 129 Å². The molecule has 122 heavy (non-hydrogen) atoms. The van der Waals surface area contributed by atoms with E-state index in [1.807, 2.05) is 56.3 Å². The number of urea groups is 2. The number of aliphatic hydroxyl groups excluding tert-OH is 1. The molecule has 12 atom stereocenters. The molecular formula is C85H106ClN19O17. The summed E-state index contributed by atoms with van der Waals surface area (Å²) in [7, 11) is 0. The molecule has 3 aliphatic rings. The zero-order valence-corrected chi connectivity index (χ0v) is 69.3. The number of benzene rings is 5. The number of amides is 18. The molecular weight excluding hydrogens is 1590 g/mol. The van der Waals surface area contributed by atoms with Crippen molar-refractivity contribution < 1.29 is 81.8 Å². The molecule has 36 nitrogen and oxygen atoms in total. The highest BCUT2D eigenvalue weighted by Crippen LogP contribution is 2.24. The van der Waals surface area contributed by atoms with E-state index < -0.39 is 187 Å². The third kappa shape index (κ3) is 28.4. The first-order valence-corrected chi connectivity index (χ1v) is 40.8. The third-order valence-electron chi connectivity index (χ3n) is 20.5. The van der Waals surface area contributed by atoms with Crippen LogP contribution >= 0.6 is 11.6 Å². The highest BCUT2D eigenvalue weighted by Gasteiger charge is 2.41. The summed E-state index contributed by atoms with van der Waals surface area (Å²) >= 11 is 6.28. The van der Waals surface area contributed by atoms with Crippen LogP contribution < -0.4 is 90.8 Å². The van der Waals surface area contributed by atoms with Gasteiger partial charge in [-0.1, -0.05) is 124 Å². The van der Waals surface area contributed by atoms with Gasteiger partial charge in [-0.25, -0.2) is 9.59 Å². The summed E-state index contributed by atoms with van der Waals surface area (Å²) in [6, 6.07) is 16.6. The number of pyridine rings is 1. The van der Waals surface area contributed by atoms with Crippen molar-refractivity contribution in [2.45, 2.75) is 197 Å². The monoisotopic (exact) mass is 1700 g/mol. The largest absolute Gasteiger partial charge is 0.394 e. The first-order valence-electron chi connectivity index (χ1n) is 40.4. The lowest BCUT2D eigenvalue weighted by atomic mass is 9.99. The minimum absolute atomic E-state index is 0.0000766. The minimum atomic E-state index is -1.93. The van der Waals surface area contributed by atoms with Crippen molar-refractivity contribution in [2.24, 2.45) is 11.7 Å². The number of unbranched alkanes of at least 4 members (excludes halogenated alkanes) is 1. The Morgan fingerprint density at radius 2 is 1.01 bits per heavy atom. The number of primary amides is 1. The number of anilines is 2. The van der Waals surface area contributed by atoms with E-state index in [9.17, 15) is 53.1 Å². The standard InChI is InChI=1S/C85H106ClN19O17/c1-46(2)35-61(74(111)95-60(16-9-10-33-89-47(3)4)83(120)105-34-12-17-70(105)82(119)91-48(5)72(87)109)96-76(113)64(38-51-21-28-58(29-22-51)93-73(110)67-42-71(108)104-85(122)102-67)98-78(115)65(39-52-23-30-59(31-24-52)94-80(117)68-44-90-84(121)103-68)100-81(118)69(45-106)101-79(116)66(41-54-13-11-32-88-43-54)99-77(114)63(37-50-19-26-57(86)27-20-50)97-75(112)62(92-49(6)107)40-53-18-25-55-14-7-8-15-56(55)36-53/h7-8,11,13-15,18-32,36,43,46-48,60-70,89,106H,9-10,12,16-17,33-35,37-42,44-45H2,1-6H3,(H2,87,109)(H,91,119)(H,92,107)(H,93,110)(H,94,117)(H,95,111)(H,96,113)(H,97,112)(H,98,115)(H,99,114)(H,100,118)(H,101,116)(H2,90,103,121)(H2,102,104,108,122)/t48-,60+,61+,62-,63-,64-,65+,66-,67?,68?,69+,70+/m1/s1. The van der Waals surface area contributed by atoms with Gasteiger partial charge < -0.3 is 95.5 Å². The first-order chi connectivity index (χ1) is 58.2. The lowest BCUT2D eigenvalue weighted by Gasteiger charge is -2.31. The van der Waals surface area contributed by atoms with Crippen LogP contribution in [0.15, 0.2) is 140 Å². The van der Waals surface area contributed by atoms with Crippen LogP contribution in [0, 0.1) is 5.92 Å². The summed E-state index contributed by atoms with van der Waals surface area (Å²) in [5.74, 6) is -11.7. The highest BCUT2D eigenvalue weighted by atomic mass is 35.5. The van der Waals surface area contributed by atoms with E-state index in [4.69, 9.17) is 17.3 Å². The maximum atomic E-state index is 15.6. The Labute approximate surface area is 709 Å². The molecule has 0 saturated carbocycles. The molecule has 19 N–H and O–H groups in total. The van der Waals surface area contributed by atoms with E-state index in [1.54, 1.807) is 50.2 Å². The quantitative estimate of drug-likeness (QED) is 0.0234. The lowest BCUT2D eigenvalue weighted by Crippen LogP contribution is -2.62. The average Bonchev–Trinajstić information content (AvgIpc) is 1.73. The van der Waals surface area contributed by atoms with Gasteiger partial charge >= 0.3 is 12.1 Å². The minimum Gasteiger partial charge on any atom is -0.394 e. The van der Waals surface area contributed by atoms with Crippen molar-refractivity contribution in [2.75, 3.05) is 36.9 Å². The second kappa shape index (κ2) is 44.9. The van der Waals surface area contributed by atoms with Gasteiger partial charge in [0.05, 0.1) is 13.0 Å². The van der Waals surface area contributed by atoms with E-state index in [0.717, 1.165) is 10.8 Å². The van der Waals surface area contributed by atoms with Crippen LogP contribution in [0.1, 0.15) is 114 Å². The number of carbonyl (C=O) groups excluding carboxylic acids is 16. The van der Waals surface area contributed by atoms with Gasteiger partial charge in [-0.15, -0.1) is 0 Å². The number of imide groups is 1. The van der Waals surface area contributed by atoms with Crippen molar-refractivity contribution in [3.05, 3.63) is 173 Å². The molecule has 9 rings (SSSR count). The number of fused-ring (bicyclic) bond motifs is 1. The molecule has 6 aromatic rings. The SMILES string of the molecule is CC(=O)N[C@H](Cc1ccc2ccccc2c1)C(=O)N[C@H](Cc1ccc(Cl)cc1)C(=O)N[C@H](Cc1cccnc1)C(=O)N[C@@H](CO)C(=O)N[C@@H](Cc1ccc(NC(=O)C2CNC(=O)N2)cc1)C(=O)N[C@H](Cc1ccc(NC(=O)C2CC(=O)NC(=O)N2)cc1)C(=O)N[C@@H](CC(C)C)C(=O)N[C@@H](CCCCNC(C)C)C(=O)N1CCC[C@H]1C(=O)N[C@H](C)C(N)=O. The topological polar surface area (TPSA) is 528 Å². The fourth-order valence-electron chi connectivity index (χ4n) is 14.1. The molecule has 0 radical (unpaired) electrons. The van der Waals surface area contributed by atoms with Gasteiger partial charge in [0, 0.05) is 87.0 Å². The molecule has 2 unspecified atom stereocenters. The number of halogens is 1. The molecule has 5 aromatic carbocycles. The number of aromatic nitrogens is 1. The summed E-state index contributed by atoms with van der Waals surface area (Å²) < 4.78 is 0. The van der Waals surface area contributed by atoms with Crippen LogP contribution in [-0.2, 0) is 99.2 Å². The number of nitrogens with two attached hydrogens (primary N) is 1. The average molecular weight is 1700 g/mol. The van der Waals surface area contributed by atoms with E-state index in [0.29, 0.717) is 58.6 Å². The van der Waals surface area contributed by atoms with Crippen molar-refractivity contribution in [3.63, 3.8) is 0 Å². The highest BCUT2D eigenvalue weighted by molar-refractivity contribution is 6.30. The zero-order valence-electron chi connectivity index (χ0n) is 68.5. The fraction of sp³-hybridized carbons (Fsp3) is 0.424. The number of carbonyl (C=O) groups is 16. The van der Waals surface area contributed by atoms with Crippen molar-refractivity contribution in [1.29, 1.82) is 0 Å². The Morgan fingerprint density at radius 1 is 0.525 bits per heavy atom. The number of likely N-dealkylation sites (tertiary alicyclic amines) is 1. The van der Waals surface area contributed by atoms with Crippen LogP contribution in [0.5, 0.6) is 0 Å². The van der Waals surface area contributed by atoms with Gasteiger partial charge in [-0.05, 0) is 139 Å². The molecule has 37 heteroatoms. The molecule has 650 valence electrons. The third-order valence-corrected chi connectivity index (χ3v) is 20.8. The Hall–Kier alpha value is -13.0. The van der Waals surface area contributed by atoms with E-state index in [1.165, 1.54) is 79.7 Å². The predicted molar refractivity (Wildman–Crippen MR) is 450 cm³/mol. The number of aliphatic hydroxyl groups is 1. The first kappa shape index (κ1) is 92.9. The molecule has 4 heterocycles. The normalized spacial score (nSPS) is 17.1. The van der Waals surface area contributed by atoms with Gasteiger partial charge in [-0.3, -0.25) is 77.4 Å². The number of nitrogens with one attached hydrogen (secondary N) is 16. The van der Waals surface area contributed by atoms with Crippen LogP contribution in [-0.4, -0.2) is 215 Å². The van der Waals surface area contributed by atoms with E-state index in [2.05, 4.69) is 90.1 Å². The fourth-order valence-corrected chi connectivity index (χ4v) is 14.2. The predicted octanol–water partition coefficient (Wildman–Crippen LogP) is 0.644. The van der Waals surface area contributed by atoms with Crippen molar-refractivity contribution in [1.82, 2.24) is 84.3 Å². The van der Waals surface area contributed by atoms with Crippen LogP contribution in [0.4, 0.5) is 21.0 Å². The zero-order chi connectivity index (χ0) is 88.3. The Kier molecular flexibility index (Phi) is 34.2. The Balaban J connectivity index is 1.02. The van der Waals surface area contributed by atoms with Crippen LogP contribution in [0.25, 0.3) is 10.8 Å². The van der Waals surface area contributed by atoms with Gasteiger partial charge in [-0.2, -0.15) is 0 Å². The molecule has 0 spiro atoms. The number of rotatable bonds is 42. The van der Waals surface area contributed by atoms with E-state index in [-0.39, 0.29) is 81.4 Å². The van der Waals surface area contributed by atoms with Crippen molar-refractivity contribution in [3.8, 4) is 0 Å². The smallest absolute Gasteiger partial charge is 0.322 e. The summed E-state index contributed by atoms with van der Waals surface area (Å²) in [6.07, 6.45) is 2.89. The molecule has 0 aliphatic carbocycles. The molecule has 3 aliphatic heterocycles. The Morgan fingerprint density at radius 3 is 1.52 bits per heavy atom. The van der Waals surface area contributed by atoms with Gasteiger partial charge in [0.15, 0.2) is 0 Å². The molecule has 3 fully saturated rings. The van der Waals surface area contributed by atoms with Crippen LogP contribution in [0.2, 0.25) is 5.02 Å². The Bertz CT molecular complexity index is 4760. The maximum Gasteiger partial charge on any atom is 0.322 e. The summed E-state index contributed by atoms with van der Waals surface area (Å²) in [6.45, 7) is 9.68. The molecule has 0 bridgehead atoms. The summed E-state index contributed by atoms with van der Waals surface area (Å²) in [5, 5.41) is 55.8. The van der Waals surface area contributed by atoms with Crippen LogP contribution in [0.3, 0.4) is 0 Å². The lowest BCUT2D eigenvalue weighted by molar-refractivity contribution is -0.142. The molecule has 18 amide bonds. The number of hydrogen-bond acceptors (Lipinski definition) is 19. The van der Waals surface area contributed by atoms with E-state index >= 15 is 28.8 Å². The van der Waals surface area contributed by atoms with Gasteiger partial charge in [0.1, 0.15) is 72.5 Å². The van der Waals surface area contributed by atoms with Gasteiger partial charge in [0.2, 0.25) is 82.7 Å².